The van der Waals surface area contributed by atoms with Gasteiger partial charge in [0, 0.05) is 11.5 Å². The van der Waals surface area contributed by atoms with Crippen LogP contribution in [0.25, 0.3) is 22.1 Å². The van der Waals surface area contributed by atoms with E-state index in [-0.39, 0.29) is 5.75 Å². The van der Waals surface area contributed by atoms with Gasteiger partial charge >= 0.3 is 5.63 Å². The Balaban J connectivity index is 2.31. The Hall–Kier alpha value is -2.55. The Bertz CT molecular complexity index is 816. The number of aromatic hydroxyl groups is 1. The normalized spacial score (nSPS) is 10.8. The highest BCUT2D eigenvalue weighted by Gasteiger charge is 2.09. The third-order valence-corrected chi connectivity index (χ3v) is 3.15. The number of fused-ring (bicyclic) bond motifs is 1. The summed E-state index contributed by atoms with van der Waals surface area (Å²) >= 11 is 0. The zero-order chi connectivity index (χ0) is 13.4. The molecule has 0 atom stereocenters. The van der Waals surface area contributed by atoms with Gasteiger partial charge in [-0.3, -0.25) is 0 Å². The number of aryl methyl sites for hydroxylation is 1. The molecule has 0 aliphatic heterocycles. The van der Waals surface area contributed by atoms with E-state index < -0.39 is 5.63 Å². The smallest absolute Gasteiger partial charge is 0.344 e. The molecule has 3 nitrogen and oxygen atoms in total. The Kier molecular flexibility index (Phi) is 2.60. The summed E-state index contributed by atoms with van der Waals surface area (Å²) in [7, 11) is 0. The molecule has 1 heterocycles. The van der Waals surface area contributed by atoms with Crippen LogP contribution in [0.5, 0.6) is 5.75 Å². The van der Waals surface area contributed by atoms with Crippen LogP contribution < -0.4 is 5.63 Å². The second-order valence-corrected chi connectivity index (χ2v) is 4.48. The molecule has 0 aliphatic rings. The SMILES string of the molecule is Cc1ccccc1-c1cc2ccc(O)cc2oc1=O. The van der Waals surface area contributed by atoms with Crippen LogP contribution >= 0.6 is 0 Å². The van der Waals surface area contributed by atoms with Crippen LogP contribution in [0.4, 0.5) is 0 Å². The Morgan fingerprint density at radius 2 is 1.79 bits per heavy atom. The number of hydrogen-bond acceptors (Lipinski definition) is 3. The number of hydrogen-bond donors (Lipinski definition) is 1. The molecule has 1 aromatic heterocycles. The van der Waals surface area contributed by atoms with Crippen molar-refractivity contribution in [3.63, 3.8) is 0 Å². The van der Waals surface area contributed by atoms with Crippen molar-refractivity contribution in [2.75, 3.05) is 0 Å². The highest BCUT2D eigenvalue weighted by molar-refractivity contribution is 5.83. The third kappa shape index (κ3) is 1.99. The number of benzene rings is 2. The lowest BCUT2D eigenvalue weighted by Gasteiger charge is -2.05. The van der Waals surface area contributed by atoms with Gasteiger partial charge in [0.05, 0.1) is 5.56 Å². The van der Waals surface area contributed by atoms with Crippen molar-refractivity contribution in [3.8, 4) is 16.9 Å². The van der Waals surface area contributed by atoms with E-state index in [2.05, 4.69) is 0 Å². The van der Waals surface area contributed by atoms with Gasteiger partial charge in [0.25, 0.3) is 0 Å². The minimum Gasteiger partial charge on any atom is -0.508 e. The van der Waals surface area contributed by atoms with Crippen molar-refractivity contribution in [2.24, 2.45) is 0 Å². The zero-order valence-electron chi connectivity index (χ0n) is 10.4. The lowest BCUT2D eigenvalue weighted by atomic mass is 10.0. The highest BCUT2D eigenvalue weighted by atomic mass is 16.4. The highest BCUT2D eigenvalue weighted by Crippen LogP contribution is 2.25. The molecule has 0 fully saturated rings. The predicted octanol–water partition coefficient (Wildman–Crippen LogP) is 3.47. The van der Waals surface area contributed by atoms with Gasteiger partial charge in [0.2, 0.25) is 0 Å². The van der Waals surface area contributed by atoms with Gasteiger partial charge < -0.3 is 9.52 Å². The molecule has 0 saturated heterocycles. The Morgan fingerprint density at radius 3 is 2.58 bits per heavy atom. The molecule has 3 rings (SSSR count). The van der Waals surface area contributed by atoms with Gasteiger partial charge in [0.15, 0.2) is 0 Å². The van der Waals surface area contributed by atoms with E-state index in [1.165, 1.54) is 6.07 Å². The second kappa shape index (κ2) is 4.28. The van der Waals surface area contributed by atoms with E-state index >= 15 is 0 Å². The van der Waals surface area contributed by atoms with Crippen LogP contribution in [-0.2, 0) is 0 Å². The molecule has 0 saturated carbocycles. The van der Waals surface area contributed by atoms with Crippen LogP contribution in [0.3, 0.4) is 0 Å². The van der Waals surface area contributed by atoms with E-state index in [1.54, 1.807) is 18.2 Å². The fourth-order valence-corrected chi connectivity index (χ4v) is 2.16. The number of phenols is 1. The van der Waals surface area contributed by atoms with E-state index in [9.17, 15) is 9.90 Å². The molecule has 0 amide bonds. The molecule has 2 aromatic carbocycles. The van der Waals surface area contributed by atoms with Crippen LogP contribution in [0.15, 0.2) is 57.7 Å². The van der Waals surface area contributed by atoms with E-state index in [1.807, 2.05) is 31.2 Å². The molecule has 0 radical (unpaired) electrons. The second-order valence-electron chi connectivity index (χ2n) is 4.48. The van der Waals surface area contributed by atoms with Crippen LogP contribution in [-0.4, -0.2) is 5.11 Å². The minimum atomic E-state index is -0.396. The first-order valence-corrected chi connectivity index (χ1v) is 5.98. The van der Waals surface area contributed by atoms with Crippen molar-refractivity contribution in [1.29, 1.82) is 0 Å². The lowest BCUT2D eigenvalue weighted by Crippen LogP contribution is -2.03. The van der Waals surface area contributed by atoms with Crippen molar-refractivity contribution >= 4 is 11.0 Å². The fraction of sp³-hybridized carbons (Fsp3) is 0.0625. The average Bonchev–Trinajstić information content (AvgIpc) is 2.39. The zero-order valence-corrected chi connectivity index (χ0v) is 10.4. The van der Waals surface area contributed by atoms with Crippen LogP contribution in [0.1, 0.15) is 5.56 Å². The molecule has 1 N–H and O–H groups in total. The molecule has 0 bridgehead atoms. The van der Waals surface area contributed by atoms with Gasteiger partial charge in [-0.1, -0.05) is 24.3 Å². The monoisotopic (exact) mass is 252 g/mol. The summed E-state index contributed by atoms with van der Waals surface area (Å²) in [5.41, 5.74) is 2.42. The Labute approximate surface area is 109 Å². The van der Waals surface area contributed by atoms with Gasteiger partial charge in [-0.2, -0.15) is 0 Å². The largest absolute Gasteiger partial charge is 0.508 e. The Morgan fingerprint density at radius 1 is 1.00 bits per heavy atom. The summed E-state index contributed by atoms with van der Waals surface area (Å²) in [6.45, 7) is 1.95. The molecule has 0 unspecified atom stereocenters. The topological polar surface area (TPSA) is 50.4 Å². The fourth-order valence-electron chi connectivity index (χ4n) is 2.16. The van der Waals surface area contributed by atoms with Crippen LogP contribution in [0, 0.1) is 6.92 Å². The van der Waals surface area contributed by atoms with Gasteiger partial charge in [-0.15, -0.1) is 0 Å². The lowest BCUT2D eigenvalue weighted by molar-refractivity contribution is 0.473. The molecule has 0 aliphatic carbocycles. The molecule has 0 spiro atoms. The summed E-state index contributed by atoms with van der Waals surface area (Å²) < 4.78 is 5.27. The summed E-state index contributed by atoms with van der Waals surface area (Å²) in [5.74, 6) is 0.0827. The summed E-state index contributed by atoms with van der Waals surface area (Å²) in [4.78, 5) is 12.0. The first-order valence-electron chi connectivity index (χ1n) is 5.98. The van der Waals surface area contributed by atoms with E-state index in [0.717, 1.165) is 16.5 Å². The van der Waals surface area contributed by atoms with Gasteiger partial charge in [-0.25, -0.2) is 4.79 Å². The summed E-state index contributed by atoms with van der Waals surface area (Å²) in [5, 5.41) is 10.2. The van der Waals surface area contributed by atoms with Crippen molar-refractivity contribution in [3.05, 3.63) is 64.5 Å². The van der Waals surface area contributed by atoms with E-state index in [0.29, 0.717) is 11.1 Å². The minimum absolute atomic E-state index is 0.0827. The van der Waals surface area contributed by atoms with Crippen LogP contribution in [0.2, 0.25) is 0 Å². The molecule has 19 heavy (non-hydrogen) atoms. The summed E-state index contributed by atoms with van der Waals surface area (Å²) in [6.07, 6.45) is 0. The molecule has 3 aromatic rings. The molecule has 3 heteroatoms. The maximum absolute atomic E-state index is 12.0. The first kappa shape index (κ1) is 11.5. The maximum atomic E-state index is 12.0. The van der Waals surface area contributed by atoms with Crippen molar-refractivity contribution < 1.29 is 9.52 Å². The molecular weight excluding hydrogens is 240 g/mol. The summed E-state index contributed by atoms with van der Waals surface area (Å²) in [6, 6.07) is 14.2. The van der Waals surface area contributed by atoms with Gasteiger partial charge in [0.1, 0.15) is 11.3 Å². The van der Waals surface area contributed by atoms with Gasteiger partial charge in [-0.05, 0) is 36.2 Å². The maximum Gasteiger partial charge on any atom is 0.344 e. The van der Waals surface area contributed by atoms with E-state index in [4.69, 9.17) is 4.42 Å². The standard InChI is InChI=1S/C16H12O3/c1-10-4-2-3-5-13(10)14-8-11-6-7-12(17)9-15(11)19-16(14)18/h2-9,17H,1H3. The average molecular weight is 252 g/mol. The number of phenolic OH excluding ortho intramolecular Hbond substituents is 1. The third-order valence-electron chi connectivity index (χ3n) is 3.15. The number of rotatable bonds is 1. The molecular formula is C16H12O3. The van der Waals surface area contributed by atoms with Crippen molar-refractivity contribution in [2.45, 2.75) is 6.92 Å². The predicted molar refractivity (Wildman–Crippen MR) is 74.3 cm³/mol. The first-order chi connectivity index (χ1) is 9.15. The quantitative estimate of drug-likeness (QED) is 0.674. The molecule has 94 valence electrons. The van der Waals surface area contributed by atoms with Crippen molar-refractivity contribution in [1.82, 2.24) is 0 Å².